The van der Waals surface area contributed by atoms with Gasteiger partial charge in [-0.25, -0.2) is 19.1 Å². The minimum atomic E-state index is -0.628. The Labute approximate surface area is 284 Å². The normalized spacial score (nSPS) is 15.2. The number of carbonyl (C=O) groups is 2. The van der Waals surface area contributed by atoms with Crippen molar-refractivity contribution in [3.63, 3.8) is 0 Å². The lowest BCUT2D eigenvalue weighted by Crippen LogP contribution is -2.55. The fourth-order valence-corrected chi connectivity index (χ4v) is 6.13. The number of benzene rings is 1. The summed E-state index contributed by atoms with van der Waals surface area (Å²) in [5, 5.41) is 0.764. The molecule has 13 heteroatoms. The predicted molar refractivity (Wildman–Crippen MR) is 185 cm³/mol. The Balaban J connectivity index is 1.77. The number of carbonyl (C=O) groups excluding carboxylic acids is 2. The van der Waals surface area contributed by atoms with Crippen LogP contribution in [0.5, 0.6) is 11.5 Å². The van der Waals surface area contributed by atoms with E-state index >= 15 is 0 Å². The summed E-state index contributed by atoms with van der Waals surface area (Å²) in [4.78, 5) is 57.2. The summed E-state index contributed by atoms with van der Waals surface area (Å²) in [5.74, 6) is 0.283. The van der Waals surface area contributed by atoms with E-state index in [2.05, 4.69) is 9.97 Å². The van der Waals surface area contributed by atoms with Gasteiger partial charge in [-0.1, -0.05) is 31.5 Å². The minimum absolute atomic E-state index is 0.0248. The maximum atomic E-state index is 14.3. The number of para-hydroxylation sites is 1. The summed E-state index contributed by atoms with van der Waals surface area (Å²) in [6.07, 6.45) is 1.32. The maximum Gasteiger partial charge on any atom is 0.410 e. The van der Waals surface area contributed by atoms with Gasteiger partial charge in [-0.3, -0.25) is 9.78 Å². The van der Waals surface area contributed by atoms with Gasteiger partial charge in [0.05, 0.1) is 34.6 Å². The third-order valence-corrected chi connectivity index (χ3v) is 8.27. The number of rotatable bonds is 6. The molecule has 1 saturated heterocycles. The van der Waals surface area contributed by atoms with Gasteiger partial charge in [0.2, 0.25) is 0 Å². The first-order valence-electron chi connectivity index (χ1n) is 15.8. The standard InChI is InChI=1S/C35H41ClN6O6/c1-19(2)27-29(20(3)13-14-37-27)42-32-24(17-25(36)28(38-32)23-11-10-12-26(46-9)30(23)47-22(5)43)31(39-33(42)44)41-16-15-40(18-21(41)4)34(45)48-35(6,7)8/h10-14,17,19,21H,15-16,18H2,1-9H3/t21-/m0/s1. The Morgan fingerprint density at radius 3 is 2.46 bits per heavy atom. The number of piperazine rings is 1. The molecule has 1 fully saturated rings. The first-order valence-corrected chi connectivity index (χ1v) is 16.2. The second-order valence-electron chi connectivity index (χ2n) is 13.2. The van der Waals surface area contributed by atoms with Gasteiger partial charge in [-0.15, -0.1) is 0 Å². The second kappa shape index (κ2) is 13.4. The van der Waals surface area contributed by atoms with E-state index in [1.807, 2.05) is 59.4 Å². The van der Waals surface area contributed by atoms with Crippen LogP contribution in [0.25, 0.3) is 28.0 Å². The summed E-state index contributed by atoms with van der Waals surface area (Å²) in [6, 6.07) is 8.46. The highest BCUT2D eigenvalue weighted by molar-refractivity contribution is 6.34. The van der Waals surface area contributed by atoms with Crippen molar-refractivity contribution in [3.05, 3.63) is 63.3 Å². The Morgan fingerprint density at radius 1 is 1.10 bits per heavy atom. The predicted octanol–water partition coefficient (Wildman–Crippen LogP) is 6.31. The van der Waals surface area contributed by atoms with E-state index in [0.29, 0.717) is 59.2 Å². The summed E-state index contributed by atoms with van der Waals surface area (Å²) in [6.45, 7) is 15.8. The van der Waals surface area contributed by atoms with Crippen LogP contribution in [0.2, 0.25) is 5.02 Å². The Bertz CT molecular complexity index is 1950. The molecule has 3 aromatic heterocycles. The molecule has 1 atom stereocenters. The van der Waals surface area contributed by atoms with Crippen molar-refractivity contribution in [1.29, 1.82) is 0 Å². The average Bonchev–Trinajstić information content (AvgIpc) is 3.00. The number of methoxy groups -OCH3 is 1. The number of anilines is 1. The molecule has 0 unspecified atom stereocenters. The molecule has 4 heterocycles. The van der Waals surface area contributed by atoms with Crippen LogP contribution in [0.4, 0.5) is 10.6 Å². The maximum absolute atomic E-state index is 14.3. The Kier molecular flexibility index (Phi) is 9.68. The highest BCUT2D eigenvalue weighted by Gasteiger charge is 2.33. The van der Waals surface area contributed by atoms with Crippen molar-refractivity contribution in [2.45, 2.75) is 73.0 Å². The molecule has 1 aromatic carbocycles. The lowest BCUT2D eigenvalue weighted by Gasteiger charge is -2.41. The third kappa shape index (κ3) is 6.80. The highest BCUT2D eigenvalue weighted by atomic mass is 35.5. The molecule has 0 aliphatic carbocycles. The van der Waals surface area contributed by atoms with E-state index in [-0.39, 0.29) is 28.4 Å². The first kappa shape index (κ1) is 34.6. The van der Waals surface area contributed by atoms with E-state index in [1.54, 1.807) is 35.4 Å². The molecule has 0 saturated carbocycles. The van der Waals surface area contributed by atoms with E-state index in [9.17, 15) is 14.4 Å². The lowest BCUT2D eigenvalue weighted by atomic mass is 10.0. The quantitative estimate of drug-likeness (QED) is 0.169. The number of hydrogen-bond acceptors (Lipinski definition) is 10. The van der Waals surface area contributed by atoms with Crippen molar-refractivity contribution >= 4 is 40.5 Å². The summed E-state index contributed by atoms with van der Waals surface area (Å²) >= 11 is 7.01. The van der Waals surface area contributed by atoms with E-state index in [1.165, 1.54) is 18.6 Å². The zero-order valence-corrected chi connectivity index (χ0v) is 29.5. The number of halogens is 1. The average molecular weight is 677 g/mol. The molecule has 12 nitrogen and oxygen atoms in total. The van der Waals surface area contributed by atoms with Gasteiger partial charge in [-0.2, -0.15) is 4.98 Å². The Morgan fingerprint density at radius 2 is 1.83 bits per heavy atom. The van der Waals surface area contributed by atoms with E-state index < -0.39 is 23.4 Å². The largest absolute Gasteiger partial charge is 0.493 e. The molecule has 1 aliphatic heterocycles. The highest BCUT2D eigenvalue weighted by Crippen LogP contribution is 2.42. The minimum Gasteiger partial charge on any atom is -0.493 e. The van der Waals surface area contributed by atoms with Crippen molar-refractivity contribution in [2.75, 3.05) is 31.6 Å². The van der Waals surface area contributed by atoms with Gasteiger partial charge < -0.3 is 24.0 Å². The molecule has 0 bridgehead atoms. The van der Waals surface area contributed by atoms with Gasteiger partial charge in [0.1, 0.15) is 11.4 Å². The summed E-state index contributed by atoms with van der Waals surface area (Å²) < 4.78 is 18.2. The van der Waals surface area contributed by atoms with Crippen LogP contribution < -0.4 is 20.1 Å². The smallest absolute Gasteiger partial charge is 0.410 e. The molecular formula is C35H41ClN6O6. The molecule has 0 radical (unpaired) electrons. The number of hydrogen-bond donors (Lipinski definition) is 0. The second-order valence-corrected chi connectivity index (χ2v) is 13.6. The number of aryl methyl sites for hydroxylation is 1. The molecule has 254 valence electrons. The third-order valence-electron chi connectivity index (χ3n) is 7.98. The van der Waals surface area contributed by atoms with Gasteiger partial charge in [0.15, 0.2) is 17.1 Å². The molecule has 0 spiro atoms. The van der Waals surface area contributed by atoms with Crippen molar-refractivity contribution in [3.8, 4) is 28.4 Å². The number of fused-ring (bicyclic) bond motifs is 1. The van der Waals surface area contributed by atoms with Crippen LogP contribution in [-0.4, -0.2) is 74.9 Å². The molecule has 48 heavy (non-hydrogen) atoms. The molecule has 1 amide bonds. The number of esters is 1. The van der Waals surface area contributed by atoms with Gasteiger partial charge in [0.25, 0.3) is 0 Å². The van der Waals surface area contributed by atoms with Crippen molar-refractivity contribution in [2.24, 2.45) is 0 Å². The topological polar surface area (TPSA) is 129 Å². The summed E-state index contributed by atoms with van der Waals surface area (Å²) in [5.41, 5.74) is 1.89. The molecule has 4 aromatic rings. The lowest BCUT2D eigenvalue weighted by molar-refractivity contribution is -0.131. The zero-order chi connectivity index (χ0) is 35.1. The fraction of sp³-hybridized carbons (Fsp3) is 0.429. The van der Waals surface area contributed by atoms with Gasteiger partial charge in [-0.05, 0) is 70.4 Å². The van der Waals surface area contributed by atoms with Gasteiger partial charge >= 0.3 is 17.8 Å². The van der Waals surface area contributed by atoms with E-state index in [0.717, 1.165) is 5.56 Å². The number of pyridine rings is 2. The zero-order valence-electron chi connectivity index (χ0n) is 28.8. The van der Waals surface area contributed by atoms with E-state index in [4.69, 9.17) is 30.8 Å². The van der Waals surface area contributed by atoms with Gasteiger partial charge in [0, 0.05) is 44.4 Å². The van der Waals surface area contributed by atoms with Crippen LogP contribution in [0.3, 0.4) is 0 Å². The molecular weight excluding hydrogens is 636 g/mol. The number of nitrogens with zero attached hydrogens (tertiary/aromatic N) is 6. The van der Waals surface area contributed by atoms with Crippen LogP contribution in [0.15, 0.2) is 41.3 Å². The fourth-order valence-electron chi connectivity index (χ4n) is 5.88. The molecule has 0 N–H and O–H groups in total. The van der Waals surface area contributed by atoms with Crippen LogP contribution >= 0.6 is 11.6 Å². The molecule has 1 aliphatic rings. The van der Waals surface area contributed by atoms with Crippen LogP contribution in [0.1, 0.15) is 65.6 Å². The van der Waals surface area contributed by atoms with Crippen molar-refractivity contribution in [1.82, 2.24) is 24.4 Å². The van der Waals surface area contributed by atoms with Crippen LogP contribution in [-0.2, 0) is 9.53 Å². The van der Waals surface area contributed by atoms with Crippen LogP contribution in [0, 0.1) is 6.92 Å². The number of aromatic nitrogens is 4. The SMILES string of the molecule is COc1cccc(-c2nc3c(cc2Cl)c(N2CCN(C(=O)OC(C)(C)C)C[C@@H]2C)nc(=O)n3-c2c(C)ccnc2C(C)C)c1OC(C)=O. The number of ether oxygens (including phenoxy) is 3. The Hall–Kier alpha value is -4.71. The number of amides is 1. The summed E-state index contributed by atoms with van der Waals surface area (Å²) in [7, 11) is 1.47. The monoisotopic (exact) mass is 676 g/mol. The van der Waals surface area contributed by atoms with Crippen molar-refractivity contribution < 1.29 is 23.8 Å². The molecule has 5 rings (SSSR count). The first-order chi connectivity index (χ1) is 22.6.